The summed E-state index contributed by atoms with van der Waals surface area (Å²) in [4.78, 5) is 13.5. The lowest BCUT2D eigenvalue weighted by Gasteiger charge is -2.22. The molecule has 0 bridgehead atoms. The van der Waals surface area contributed by atoms with E-state index in [0.29, 0.717) is 44.8 Å². The van der Waals surface area contributed by atoms with Crippen LogP contribution < -0.4 is 4.74 Å². The molecule has 0 aliphatic carbocycles. The number of halogens is 1. The van der Waals surface area contributed by atoms with Crippen molar-refractivity contribution in [3.63, 3.8) is 0 Å². The van der Waals surface area contributed by atoms with Crippen molar-refractivity contribution in [3.05, 3.63) is 29.8 Å². The molecule has 0 spiro atoms. The minimum atomic E-state index is -3.41. The maximum atomic E-state index is 13.0. The molecule has 1 aromatic carbocycles. The maximum absolute atomic E-state index is 13.0. The summed E-state index contributed by atoms with van der Waals surface area (Å²) in [6.45, 7) is 1.01. The normalized spacial score (nSPS) is 25.5. The van der Waals surface area contributed by atoms with E-state index in [0.717, 1.165) is 5.56 Å². The number of alkyl halides is 1. The monoisotopic (exact) mass is 384 g/mol. The average molecular weight is 384 g/mol. The number of fused-ring (bicyclic) bond motifs is 1. The Bertz CT molecular complexity index is 755. The molecule has 1 aromatic rings. The van der Waals surface area contributed by atoms with Gasteiger partial charge >= 0.3 is 0 Å². The third-order valence-electron chi connectivity index (χ3n) is 5.31. The molecule has 2 fully saturated rings. The van der Waals surface area contributed by atoms with E-state index < -0.39 is 21.9 Å². The molecule has 26 heavy (non-hydrogen) atoms. The largest absolute Gasteiger partial charge is 0.497 e. The highest BCUT2D eigenvalue weighted by Crippen LogP contribution is 2.35. The van der Waals surface area contributed by atoms with E-state index in [1.807, 2.05) is 24.3 Å². The Morgan fingerprint density at radius 1 is 1.31 bits per heavy atom. The van der Waals surface area contributed by atoms with Gasteiger partial charge in [0, 0.05) is 26.2 Å². The zero-order chi connectivity index (χ0) is 18.7. The van der Waals surface area contributed by atoms with Crippen LogP contribution in [0.15, 0.2) is 24.3 Å². The number of ether oxygens (including phenoxy) is 1. The third-order valence-corrected chi connectivity index (χ3v) is 7.70. The molecule has 144 valence electrons. The molecule has 2 heterocycles. The predicted octanol–water partition coefficient (Wildman–Crippen LogP) is 1.81. The van der Waals surface area contributed by atoms with E-state index in [1.165, 1.54) is 0 Å². The summed E-state index contributed by atoms with van der Waals surface area (Å²) in [6.07, 6.45) is 0.931. The fourth-order valence-corrected chi connectivity index (χ4v) is 6.14. The van der Waals surface area contributed by atoms with Crippen LogP contribution in [0.3, 0.4) is 0 Å². The van der Waals surface area contributed by atoms with Crippen LogP contribution in [0.1, 0.15) is 24.8 Å². The molecule has 6 nitrogen and oxygen atoms in total. The van der Waals surface area contributed by atoms with Crippen LogP contribution in [0.4, 0.5) is 4.39 Å². The highest BCUT2D eigenvalue weighted by Gasteiger charge is 2.47. The second-order valence-electron chi connectivity index (χ2n) is 6.88. The fourth-order valence-electron chi connectivity index (χ4n) is 3.91. The number of nitrogens with zero attached hydrogens (tertiary/aromatic N) is 2. The van der Waals surface area contributed by atoms with Gasteiger partial charge in [-0.1, -0.05) is 12.1 Å². The number of rotatable bonds is 5. The molecule has 2 aliphatic heterocycles. The van der Waals surface area contributed by atoms with Crippen molar-refractivity contribution in [3.8, 4) is 5.75 Å². The average Bonchev–Trinajstić information content (AvgIpc) is 2.78. The molecule has 0 radical (unpaired) electrons. The minimum absolute atomic E-state index is 0.00813. The van der Waals surface area contributed by atoms with E-state index in [2.05, 4.69) is 0 Å². The van der Waals surface area contributed by atoms with Crippen molar-refractivity contribution in [2.45, 2.75) is 31.1 Å². The quantitative estimate of drug-likeness (QED) is 0.777. The Hall–Kier alpha value is -1.67. The van der Waals surface area contributed by atoms with Gasteiger partial charge in [-0.2, -0.15) is 4.31 Å². The van der Waals surface area contributed by atoms with Crippen LogP contribution >= 0.6 is 0 Å². The standard InChI is InChI=1S/C18H25FN2O4S/c1-25-16-4-2-3-14(11-16)12-21-13-15-6-9-20(18(22)5-8-19)10-7-17(15)26(21,23)24/h2-4,11,15,17H,5-10,12-13H2,1H3/t15-,17-/m1/s1. The Kier molecular flexibility index (Phi) is 5.82. The summed E-state index contributed by atoms with van der Waals surface area (Å²) in [5, 5.41) is -0.462. The number of carbonyl (C=O) groups excluding carboxylic acids is 1. The van der Waals surface area contributed by atoms with Crippen LogP contribution in [0.25, 0.3) is 0 Å². The van der Waals surface area contributed by atoms with Gasteiger partial charge in [0.05, 0.1) is 25.5 Å². The molecular formula is C18H25FN2O4S. The first-order valence-electron chi connectivity index (χ1n) is 8.91. The van der Waals surface area contributed by atoms with E-state index in [4.69, 9.17) is 4.74 Å². The lowest BCUT2D eigenvalue weighted by atomic mass is 10.0. The van der Waals surface area contributed by atoms with E-state index >= 15 is 0 Å². The number of carbonyl (C=O) groups is 1. The lowest BCUT2D eigenvalue weighted by molar-refractivity contribution is -0.131. The molecular weight excluding hydrogens is 359 g/mol. The van der Waals surface area contributed by atoms with Crippen LogP contribution in [-0.4, -0.2) is 62.2 Å². The molecule has 0 aromatic heterocycles. The molecule has 1 amide bonds. The van der Waals surface area contributed by atoms with Crippen molar-refractivity contribution in [2.75, 3.05) is 33.4 Å². The van der Waals surface area contributed by atoms with Crippen molar-refractivity contribution in [1.29, 1.82) is 0 Å². The first kappa shape index (κ1) is 19.1. The fraction of sp³-hybridized carbons (Fsp3) is 0.611. The van der Waals surface area contributed by atoms with Crippen LogP contribution in [0, 0.1) is 5.92 Å². The van der Waals surface area contributed by atoms with E-state index in [1.54, 1.807) is 16.3 Å². The van der Waals surface area contributed by atoms with E-state index in [9.17, 15) is 17.6 Å². The second kappa shape index (κ2) is 7.92. The molecule has 0 saturated carbocycles. The smallest absolute Gasteiger partial charge is 0.225 e. The van der Waals surface area contributed by atoms with Crippen LogP contribution in [0.2, 0.25) is 0 Å². The van der Waals surface area contributed by atoms with Crippen molar-refractivity contribution >= 4 is 15.9 Å². The van der Waals surface area contributed by atoms with Gasteiger partial charge in [-0.3, -0.25) is 9.18 Å². The van der Waals surface area contributed by atoms with Gasteiger partial charge in [-0.05, 0) is 36.5 Å². The molecule has 3 rings (SSSR count). The van der Waals surface area contributed by atoms with Crippen LogP contribution in [-0.2, 0) is 21.4 Å². The summed E-state index contributed by atoms with van der Waals surface area (Å²) in [6, 6.07) is 7.42. The van der Waals surface area contributed by atoms with Crippen molar-refractivity contribution in [2.24, 2.45) is 5.92 Å². The molecule has 2 atom stereocenters. The van der Waals surface area contributed by atoms with E-state index in [-0.39, 0.29) is 18.2 Å². The molecule has 0 N–H and O–H groups in total. The summed E-state index contributed by atoms with van der Waals surface area (Å²) in [7, 11) is -1.83. The lowest BCUT2D eigenvalue weighted by Crippen LogP contribution is -2.34. The summed E-state index contributed by atoms with van der Waals surface area (Å²) in [5.41, 5.74) is 0.893. The molecule has 8 heteroatoms. The topological polar surface area (TPSA) is 66.9 Å². The zero-order valence-corrected chi connectivity index (χ0v) is 15.8. The maximum Gasteiger partial charge on any atom is 0.225 e. The number of methoxy groups -OCH3 is 1. The van der Waals surface area contributed by atoms with Gasteiger partial charge in [0.25, 0.3) is 0 Å². The van der Waals surface area contributed by atoms with Crippen molar-refractivity contribution in [1.82, 2.24) is 9.21 Å². The highest BCUT2D eigenvalue weighted by molar-refractivity contribution is 7.90. The number of sulfonamides is 1. The third kappa shape index (κ3) is 3.86. The van der Waals surface area contributed by atoms with Gasteiger partial charge in [0.15, 0.2) is 0 Å². The molecule has 0 unspecified atom stereocenters. The Balaban J connectivity index is 1.70. The Labute approximate surface area is 154 Å². The molecule has 2 saturated heterocycles. The predicted molar refractivity (Wildman–Crippen MR) is 96.0 cm³/mol. The van der Waals surface area contributed by atoms with Crippen molar-refractivity contribution < 1.29 is 22.3 Å². The number of hydrogen-bond acceptors (Lipinski definition) is 4. The van der Waals surface area contributed by atoms with Gasteiger partial charge < -0.3 is 9.64 Å². The first-order chi connectivity index (χ1) is 12.5. The van der Waals surface area contributed by atoms with Gasteiger partial charge in [-0.25, -0.2) is 8.42 Å². The number of likely N-dealkylation sites (tertiary alicyclic amines) is 1. The summed E-state index contributed by atoms with van der Waals surface area (Å²) in [5.74, 6) is 0.488. The summed E-state index contributed by atoms with van der Waals surface area (Å²) < 4.78 is 45.1. The Morgan fingerprint density at radius 3 is 2.81 bits per heavy atom. The number of benzene rings is 1. The SMILES string of the molecule is COc1cccc(CN2C[C@H]3CCN(C(=O)CCF)CC[C@H]3S2(=O)=O)c1. The van der Waals surface area contributed by atoms with Gasteiger partial charge in [0.2, 0.25) is 15.9 Å². The first-order valence-corrected chi connectivity index (χ1v) is 10.4. The summed E-state index contributed by atoms with van der Waals surface area (Å²) >= 11 is 0. The second-order valence-corrected chi connectivity index (χ2v) is 9.04. The Morgan fingerprint density at radius 2 is 2.08 bits per heavy atom. The molecule has 2 aliphatic rings. The highest BCUT2D eigenvalue weighted by atomic mass is 32.2. The number of amides is 1. The van der Waals surface area contributed by atoms with Crippen LogP contribution in [0.5, 0.6) is 5.75 Å². The number of hydrogen-bond donors (Lipinski definition) is 0. The van der Waals surface area contributed by atoms with Gasteiger partial charge in [0.1, 0.15) is 5.75 Å². The van der Waals surface area contributed by atoms with Gasteiger partial charge in [-0.15, -0.1) is 0 Å². The minimum Gasteiger partial charge on any atom is -0.497 e. The zero-order valence-electron chi connectivity index (χ0n) is 14.9.